The third kappa shape index (κ3) is 8.11. The van der Waals surface area contributed by atoms with Crippen LogP contribution in [0.3, 0.4) is 0 Å². The van der Waals surface area contributed by atoms with Crippen LogP contribution in [0.1, 0.15) is 16.7 Å². The summed E-state index contributed by atoms with van der Waals surface area (Å²) in [6.45, 7) is 4.85. The maximum atomic E-state index is 12.1. The highest BCUT2D eigenvalue weighted by Gasteiger charge is 2.13. The number of aryl methyl sites for hydroxylation is 1. The largest absolute Gasteiger partial charge is 0.355 e. The second kappa shape index (κ2) is 11.6. The molecule has 0 aliphatic rings. The van der Waals surface area contributed by atoms with Gasteiger partial charge in [0, 0.05) is 54.7 Å². The van der Waals surface area contributed by atoms with E-state index >= 15 is 0 Å². The smallest absolute Gasteiger partial charge is 0.242 e. The molecule has 3 N–H and O–H groups in total. The third-order valence-corrected chi connectivity index (χ3v) is 6.03. The van der Waals surface area contributed by atoms with Gasteiger partial charge in [-0.05, 0) is 38.1 Å². The predicted octanol–water partition coefficient (Wildman–Crippen LogP) is 2.14. The van der Waals surface area contributed by atoms with Crippen molar-refractivity contribution in [1.29, 1.82) is 0 Å². The summed E-state index contributed by atoms with van der Waals surface area (Å²) >= 11 is 1.79. The minimum absolute atomic E-state index is 0. The molecule has 7 nitrogen and oxygen atoms in total. The van der Waals surface area contributed by atoms with Crippen molar-refractivity contribution in [2.24, 2.45) is 4.99 Å². The number of guanidine groups is 1. The number of thiophene rings is 1. The summed E-state index contributed by atoms with van der Waals surface area (Å²) in [5.74, 6) is 0.645. The van der Waals surface area contributed by atoms with Gasteiger partial charge in [0.25, 0.3) is 0 Å². The molecule has 0 fully saturated rings. The zero-order valence-corrected chi connectivity index (χ0v) is 19.6. The first-order valence-electron chi connectivity index (χ1n) is 8.33. The Hall–Kier alpha value is -1.24. The van der Waals surface area contributed by atoms with Gasteiger partial charge in [-0.15, -0.1) is 35.3 Å². The Labute approximate surface area is 182 Å². The zero-order chi connectivity index (χ0) is 19.0. The summed E-state index contributed by atoms with van der Waals surface area (Å²) in [5, 5.41) is 6.43. The molecule has 10 heteroatoms. The van der Waals surface area contributed by atoms with Gasteiger partial charge >= 0.3 is 0 Å². The highest BCUT2D eigenvalue weighted by molar-refractivity contribution is 14.0. The lowest BCUT2D eigenvalue weighted by Gasteiger charge is -2.17. The molecule has 2 aromatic heterocycles. The summed E-state index contributed by atoms with van der Waals surface area (Å²) in [6.07, 6.45) is 3.77. The van der Waals surface area contributed by atoms with Gasteiger partial charge in [-0.25, -0.2) is 13.1 Å². The summed E-state index contributed by atoms with van der Waals surface area (Å²) in [7, 11) is -1.85. The lowest BCUT2D eigenvalue weighted by molar-refractivity contribution is 0.579. The van der Waals surface area contributed by atoms with Gasteiger partial charge in [-0.3, -0.25) is 9.98 Å². The molecule has 2 aromatic rings. The van der Waals surface area contributed by atoms with Crippen molar-refractivity contribution in [3.05, 3.63) is 46.4 Å². The normalized spacial score (nSPS) is 12.9. The zero-order valence-electron chi connectivity index (χ0n) is 15.6. The topological polar surface area (TPSA) is 95.5 Å². The second-order valence-electron chi connectivity index (χ2n) is 5.85. The van der Waals surface area contributed by atoms with Gasteiger partial charge < -0.3 is 10.6 Å². The Morgan fingerprint density at radius 3 is 2.67 bits per heavy atom. The number of aliphatic imine (C=N–C) groups is 1. The molecule has 0 radical (unpaired) electrons. The van der Waals surface area contributed by atoms with Gasteiger partial charge in [0.1, 0.15) is 4.90 Å². The van der Waals surface area contributed by atoms with E-state index in [-0.39, 0.29) is 41.5 Å². The summed E-state index contributed by atoms with van der Waals surface area (Å²) < 4.78 is 26.8. The summed E-state index contributed by atoms with van der Waals surface area (Å²) in [4.78, 5) is 10.8. The van der Waals surface area contributed by atoms with Gasteiger partial charge in [0.15, 0.2) is 5.96 Å². The number of rotatable bonds is 8. The summed E-state index contributed by atoms with van der Waals surface area (Å²) in [5.41, 5.74) is 0. The molecule has 0 saturated carbocycles. The highest BCUT2D eigenvalue weighted by atomic mass is 127. The number of nitrogens with zero attached hydrogens (tertiary/aromatic N) is 2. The van der Waals surface area contributed by atoms with Crippen molar-refractivity contribution in [2.75, 3.05) is 20.1 Å². The summed E-state index contributed by atoms with van der Waals surface area (Å²) in [6, 6.07) is 7.58. The molecule has 0 spiro atoms. The molecular weight excluding hydrogens is 497 g/mol. The molecule has 0 aliphatic carbocycles. The fraction of sp³-hybridized carbons (Fsp3) is 0.412. The number of aromatic nitrogens is 1. The Morgan fingerprint density at radius 2 is 2.07 bits per heavy atom. The lowest BCUT2D eigenvalue weighted by Crippen LogP contribution is -2.45. The van der Waals surface area contributed by atoms with E-state index in [2.05, 4.69) is 51.3 Å². The third-order valence-electron chi connectivity index (χ3n) is 3.56. The van der Waals surface area contributed by atoms with Crippen molar-refractivity contribution in [2.45, 2.75) is 31.2 Å². The van der Waals surface area contributed by atoms with Crippen molar-refractivity contribution in [3.63, 3.8) is 0 Å². The number of hydrogen-bond donors (Lipinski definition) is 3. The van der Waals surface area contributed by atoms with Crippen molar-refractivity contribution in [3.8, 4) is 0 Å². The highest BCUT2D eigenvalue weighted by Crippen LogP contribution is 2.16. The lowest BCUT2D eigenvalue weighted by atomic mass is 10.2. The van der Waals surface area contributed by atoms with E-state index in [1.807, 2.05) is 0 Å². The number of pyridine rings is 1. The van der Waals surface area contributed by atoms with Crippen LogP contribution in [-0.2, 0) is 16.4 Å². The Bertz CT molecular complexity index is 825. The van der Waals surface area contributed by atoms with E-state index in [9.17, 15) is 8.42 Å². The fourth-order valence-corrected chi connectivity index (χ4v) is 4.35. The van der Waals surface area contributed by atoms with Crippen molar-refractivity contribution >= 4 is 51.3 Å². The van der Waals surface area contributed by atoms with Crippen LogP contribution in [-0.4, -0.2) is 45.5 Å². The quantitative estimate of drug-likeness (QED) is 0.213. The minimum atomic E-state index is -3.54. The first-order valence-corrected chi connectivity index (χ1v) is 10.6. The Kier molecular flexibility index (Phi) is 10.2. The molecular formula is C17H26IN5O2S2. The average Bonchev–Trinajstić information content (AvgIpc) is 3.03. The molecule has 2 rings (SSSR count). The predicted molar refractivity (Wildman–Crippen MR) is 122 cm³/mol. The van der Waals surface area contributed by atoms with Crippen LogP contribution >= 0.6 is 35.3 Å². The SMILES string of the molecule is CN=C(NCCNS(=O)(=O)c1cccnc1)NC(C)Cc1ccc(C)s1.I. The molecule has 0 saturated heterocycles. The van der Waals surface area contributed by atoms with Crippen LogP contribution in [0.5, 0.6) is 0 Å². The monoisotopic (exact) mass is 523 g/mol. The Balaban J connectivity index is 0.00000364. The van der Waals surface area contributed by atoms with E-state index in [1.165, 1.54) is 28.2 Å². The number of sulfonamides is 1. The molecule has 0 aromatic carbocycles. The Morgan fingerprint density at radius 1 is 1.30 bits per heavy atom. The van der Waals surface area contributed by atoms with E-state index < -0.39 is 10.0 Å². The van der Waals surface area contributed by atoms with E-state index in [1.54, 1.807) is 24.5 Å². The number of halogens is 1. The van der Waals surface area contributed by atoms with E-state index in [0.29, 0.717) is 12.5 Å². The number of hydrogen-bond acceptors (Lipinski definition) is 5. The molecule has 0 bridgehead atoms. The van der Waals surface area contributed by atoms with Gasteiger partial charge in [0.2, 0.25) is 10.0 Å². The first-order chi connectivity index (χ1) is 12.4. The molecule has 1 unspecified atom stereocenters. The fourth-order valence-electron chi connectivity index (χ4n) is 2.33. The van der Waals surface area contributed by atoms with Crippen molar-refractivity contribution < 1.29 is 8.42 Å². The van der Waals surface area contributed by atoms with Crippen LogP contribution in [0.25, 0.3) is 0 Å². The molecule has 0 amide bonds. The van der Waals surface area contributed by atoms with Crippen LogP contribution in [0.2, 0.25) is 0 Å². The number of nitrogens with one attached hydrogen (secondary N) is 3. The maximum Gasteiger partial charge on any atom is 0.242 e. The minimum Gasteiger partial charge on any atom is -0.355 e. The van der Waals surface area contributed by atoms with Crippen LogP contribution in [0, 0.1) is 6.92 Å². The van der Waals surface area contributed by atoms with Gasteiger partial charge in [0.05, 0.1) is 0 Å². The van der Waals surface area contributed by atoms with Crippen LogP contribution in [0.15, 0.2) is 46.5 Å². The molecule has 1 atom stereocenters. The van der Waals surface area contributed by atoms with E-state index in [0.717, 1.165) is 6.42 Å². The molecule has 2 heterocycles. The second-order valence-corrected chi connectivity index (χ2v) is 8.99. The van der Waals surface area contributed by atoms with E-state index in [4.69, 9.17) is 0 Å². The average molecular weight is 523 g/mol. The van der Waals surface area contributed by atoms with Crippen LogP contribution < -0.4 is 15.4 Å². The standard InChI is InChI=1S/C17H25N5O2S2.HI/c1-13(11-15-7-6-14(2)25-15)22-17(18-3)20-9-10-21-26(23,24)16-5-4-8-19-12-16;/h4-8,12-13,21H,9-11H2,1-3H3,(H2,18,20,22);1H. The van der Waals surface area contributed by atoms with Gasteiger partial charge in [-0.1, -0.05) is 0 Å². The maximum absolute atomic E-state index is 12.1. The molecule has 150 valence electrons. The van der Waals surface area contributed by atoms with Gasteiger partial charge in [-0.2, -0.15) is 0 Å². The molecule has 27 heavy (non-hydrogen) atoms. The first kappa shape index (κ1) is 23.8. The molecule has 0 aliphatic heterocycles. The van der Waals surface area contributed by atoms with Crippen molar-refractivity contribution in [1.82, 2.24) is 20.3 Å². The van der Waals surface area contributed by atoms with Crippen LogP contribution in [0.4, 0.5) is 0 Å².